The zero-order chi connectivity index (χ0) is 17.5. The van der Waals surface area contributed by atoms with Crippen LogP contribution in [0.25, 0.3) is 0 Å². The van der Waals surface area contributed by atoms with E-state index in [1.807, 2.05) is 37.3 Å². The number of fused-ring (bicyclic) bond motifs is 1. The number of carbonyl (C=O) groups excluding carboxylic acids is 1. The molecule has 1 aliphatic carbocycles. The van der Waals surface area contributed by atoms with Crippen LogP contribution in [0.1, 0.15) is 35.1 Å². The Morgan fingerprint density at radius 3 is 2.56 bits per heavy atom. The molecule has 2 N–H and O–H groups in total. The molecule has 0 fully saturated rings. The van der Waals surface area contributed by atoms with E-state index in [0.717, 1.165) is 17.7 Å². The molecular weight excluding hydrogens is 312 g/mol. The summed E-state index contributed by atoms with van der Waals surface area (Å²) in [6.07, 6.45) is 4.87. The number of rotatable bonds is 6. The van der Waals surface area contributed by atoms with Crippen molar-refractivity contribution in [3.8, 4) is 5.75 Å². The number of aryl methyl sites for hydroxylation is 3. The van der Waals surface area contributed by atoms with Gasteiger partial charge in [-0.1, -0.05) is 35.9 Å². The third-order valence-corrected chi connectivity index (χ3v) is 4.55. The highest BCUT2D eigenvalue weighted by atomic mass is 16.5. The van der Waals surface area contributed by atoms with Crippen molar-refractivity contribution in [1.29, 1.82) is 0 Å². The van der Waals surface area contributed by atoms with Crippen LogP contribution >= 0.6 is 0 Å². The first-order chi connectivity index (χ1) is 12.2. The van der Waals surface area contributed by atoms with Gasteiger partial charge in [-0.05, 0) is 61.4 Å². The molecule has 0 radical (unpaired) electrons. The van der Waals surface area contributed by atoms with Crippen LogP contribution in [0.4, 0.5) is 4.79 Å². The Labute approximate surface area is 149 Å². The average Bonchev–Trinajstić information content (AvgIpc) is 2.64. The maximum Gasteiger partial charge on any atom is 0.315 e. The fraction of sp³-hybridized carbons (Fsp3) is 0.381. The Balaban J connectivity index is 1.35. The second-order valence-electron chi connectivity index (χ2n) is 6.58. The fourth-order valence-corrected chi connectivity index (χ4v) is 3.08. The Morgan fingerprint density at radius 1 is 1.00 bits per heavy atom. The summed E-state index contributed by atoms with van der Waals surface area (Å²) >= 11 is 0. The second kappa shape index (κ2) is 8.56. The largest absolute Gasteiger partial charge is 0.492 e. The number of amides is 2. The predicted octanol–water partition coefficient (Wildman–Crippen LogP) is 3.75. The molecule has 0 unspecified atom stereocenters. The summed E-state index contributed by atoms with van der Waals surface area (Å²) in [5.74, 6) is 0.891. The van der Waals surface area contributed by atoms with Crippen molar-refractivity contribution in [3.05, 3.63) is 64.7 Å². The predicted molar refractivity (Wildman–Crippen MR) is 100.0 cm³/mol. The van der Waals surface area contributed by atoms with E-state index in [1.165, 1.54) is 36.0 Å². The van der Waals surface area contributed by atoms with Crippen molar-refractivity contribution in [2.75, 3.05) is 13.2 Å². The molecule has 4 nitrogen and oxygen atoms in total. The van der Waals surface area contributed by atoms with Gasteiger partial charge in [0.05, 0.1) is 6.54 Å². The van der Waals surface area contributed by atoms with Crippen molar-refractivity contribution >= 4 is 6.03 Å². The maximum atomic E-state index is 11.8. The molecule has 0 heterocycles. The van der Waals surface area contributed by atoms with Crippen molar-refractivity contribution in [3.63, 3.8) is 0 Å². The van der Waals surface area contributed by atoms with Gasteiger partial charge in [0.1, 0.15) is 12.4 Å². The van der Waals surface area contributed by atoms with Gasteiger partial charge in [0.15, 0.2) is 0 Å². The SMILES string of the molecule is Cc1ccc(CNC(=O)NCCOc2ccc3c(c2)CCCC3)cc1. The van der Waals surface area contributed by atoms with E-state index in [9.17, 15) is 4.79 Å². The van der Waals surface area contributed by atoms with E-state index in [2.05, 4.69) is 22.8 Å². The fourth-order valence-electron chi connectivity index (χ4n) is 3.08. The third kappa shape index (κ3) is 5.24. The van der Waals surface area contributed by atoms with Crippen LogP contribution in [0.2, 0.25) is 0 Å². The van der Waals surface area contributed by atoms with Gasteiger partial charge in [-0.2, -0.15) is 0 Å². The molecule has 0 saturated heterocycles. The van der Waals surface area contributed by atoms with E-state index in [4.69, 9.17) is 4.74 Å². The van der Waals surface area contributed by atoms with Crippen LogP contribution in [0.3, 0.4) is 0 Å². The molecule has 1 aliphatic rings. The highest BCUT2D eigenvalue weighted by Crippen LogP contribution is 2.25. The van der Waals surface area contributed by atoms with E-state index in [-0.39, 0.29) is 6.03 Å². The molecular formula is C21H26N2O2. The van der Waals surface area contributed by atoms with Crippen molar-refractivity contribution in [2.24, 2.45) is 0 Å². The first-order valence-corrected chi connectivity index (χ1v) is 9.02. The topological polar surface area (TPSA) is 50.4 Å². The van der Waals surface area contributed by atoms with E-state index >= 15 is 0 Å². The number of hydrogen-bond acceptors (Lipinski definition) is 2. The molecule has 0 aromatic heterocycles. The highest BCUT2D eigenvalue weighted by molar-refractivity contribution is 5.73. The van der Waals surface area contributed by atoms with E-state index in [1.54, 1.807) is 0 Å². The van der Waals surface area contributed by atoms with Crippen LogP contribution in [0.5, 0.6) is 5.75 Å². The summed E-state index contributed by atoms with van der Waals surface area (Å²) in [6.45, 7) is 3.53. The summed E-state index contributed by atoms with van der Waals surface area (Å²) in [5, 5.41) is 5.67. The van der Waals surface area contributed by atoms with Gasteiger partial charge < -0.3 is 15.4 Å². The Bertz CT molecular complexity index is 710. The number of benzene rings is 2. The van der Waals surface area contributed by atoms with Crippen LogP contribution < -0.4 is 15.4 Å². The molecule has 0 bridgehead atoms. The zero-order valence-electron chi connectivity index (χ0n) is 14.8. The molecule has 4 heteroatoms. The van der Waals surface area contributed by atoms with Crippen LogP contribution in [0, 0.1) is 6.92 Å². The van der Waals surface area contributed by atoms with Crippen LogP contribution in [-0.4, -0.2) is 19.2 Å². The van der Waals surface area contributed by atoms with Gasteiger partial charge in [0, 0.05) is 6.54 Å². The molecule has 2 aromatic rings. The number of urea groups is 1. The van der Waals surface area contributed by atoms with Gasteiger partial charge in [-0.3, -0.25) is 0 Å². The number of nitrogens with one attached hydrogen (secondary N) is 2. The standard InChI is InChI=1S/C21H26N2O2/c1-16-6-8-17(9-7-16)15-23-21(24)22-12-13-25-20-11-10-18-4-2-3-5-19(18)14-20/h6-11,14H,2-5,12-13,15H2,1H3,(H2,22,23,24). The quantitative estimate of drug-likeness (QED) is 0.788. The summed E-state index contributed by atoms with van der Waals surface area (Å²) in [7, 11) is 0. The molecule has 132 valence electrons. The summed E-state index contributed by atoms with van der Waals surface area (Å²) in [6, 6.07) is 14.3. The van der Waals surface area contributed by atoms with Gasteiger partial charge in [-0.15, -0.1) is 0 Å². The molecule has 2 amide bonds. The molecule has 2 aromatic carbocycles. The smallest absolute Gasteiger partial charge is 0.315 e. The number of ether oxygens (including phenoxy) is 1. The zero-order valence-corrected chi connectivity index (χ0v) is 14.8. The number of hydrogen-bond donors (Lipinski definition) is 2. The van der Waals surface area contributed by atoms with Gasteiger partial charge >= 0.3 is 6.03 Å². The third-order valence-electron chi connectivity index (χ3n) is 4.55. The first kappa shape index (κ1) is 17.3. The molecule has 3 rings (SSSR count). The van der Waals surface area contributed by atoms with Crippen molar-refractivity contribution in [1.82, 2.24) is 10.6 Å². The van der Waals surface area contributed by atoms with Crippen LogP contribution in [0.15, 0.2) is 42.5 Å². The second-order valence-corrected chi connectivity index (χ2v) is 6.58. The minimum Gasteiger partial charge on any atom is -0.492 e. The average molecular weight is 338 g/mol. The summed E-state index contributed by atoms with van der Waals surface area (Å²) < 4.78 is 5.76. The van der Waals surface area contributed by atoms with Crippen molar-refractivity contribution in [2.45, 2.75) is 39.2 Å². The molecule has 0 saturated carbocycles. The minimum atomic E-state index is -0.172. The summed E-state index contributed by atoms with van der Waals surface area (Å²) in [5.41, 5.74) is 5.17. The minimum absolute atomic E-state index is 0.172. The molecule has 0 aliphatic heterocycles. The summed E-state index contributed by atoms with van der Waals surface area (Å²) in [4.78, 5) is 11.8. The number of carbonyl (C=O) groups is 1. The van der Waals surface area contributed by atoms with Crippen LogP contribution in [-0.2, 0) is 19.4 Å². The highest BCUT2D eigenvalue weighted by Gasteiger charge is 2.09. The van der Waals surface area contributed by atoms with Gasteiger partial charge in [-0.25, -0.2) is 4.79 Å². The Morgan fingerprint density at radius 2 is 1.76 bits per heavy atom. The van der Waals surface area contributed by atoms with Gasteiger partial charge in [0.25, 0.3) is 0 Å². The van der Waals surface area contributed by atoms with E-state index < -0.39 is 0 Å². The van der Waals surface area contributed by atoms with Crippen molar-refractivity contribution < 1.29 is 9.53 Å². The normalized spacial score (nSPS) is 13.0. The maximum absolute atomic E-state index is 11.8. The Hall–Kier alpha value is -2.49. The van der Waals surface area contributed by atoms with E-state index in [0.29, 0.717) is 19.7 Å². The molecule has 0 spiro atoms. The lowest BCUT2D eigenvalue weighted by Gasteiger charge is -2.17. The van der Waals surface area contributed by atoms with Gasteiger partial charge in [0.2, 0.25) is 0 Å². The molecule has 0 atom stereocenters. The molecule has 25 heavy (non-hydrogen) atoms. The Kier molecular flexibility index (Phi) is 5.94. The first-order valence-electron chi connectivity index (χ1n) is 9.02. The lowest BCUT2D eigenvalue weighted by atomic mass is 9.92. The lowest BCUT2D eigenvalue weighted by molar-refractivity contribution is 0.236. The lowest BCUT2D eigenvalue weighted by Crippen LogP contribution is -2.37. The monoisotopic (exact) mass is 338 g/mol.